The van der Waals surface area contributed by atoms with Crippen LogP contribution in [0.25, 0.3) is 0 Å². The third kappa shape index (κ3) is 3.16. The fourth-order valence-electron chi connectivity index (χ4n) is 1.01. The van der Waals surface area contributed by atoms with Crippen LogP contribution in [-0.2, 0) is 6.54 Å². The summed E-state index contributed by atoms with van der Waals surface area (Å²) in [5, 5.41) is 10.5. The van der Waals surface area contributed by atoms with E-state index in [-0.39, 0.29) is 0 Å². The molecule has 0 atom stereocenters. The molecule has 4 nitrogen and oxygen atoms in total. The van der Waals surface area contributed by atoms with Gasteiger partial charge in [-0.15, -0.1) is 0 Å². The second-order valence-corrected chi connectivity index (χ2v) is 3.23. The number of nitrogens with one attached hydrogen (secondary N) is 1. The molecule has 0 saturated heterocycles. The molecule has 4 heteroatoms. The average molecular weight is 194 g/mol. The molecule has 1 aromatic carbocycles. The molecule has 0 aliphatic rings. The smallest absolute Gasteiger partial charge is 0.335 e. The van der Waals surface area contributed by atoms with E-state index in [0.29, 0.717) is 12.1 Å². The molecular formula is C10H14N2O2. The van der Waals surface area contributed by atoms with Gasteiger partial charge >= 0.3 is 5.97 Å². The van der Waals surface area contributed by atoms with Gasteiger partial charge in [0.15, 0.2) is 0 Å². The largest absolute Gasteiger partial charge is 0.478 e. The number of hydrogen-bond donors (Lipinski definition) is 2. The molecule has 0 heterocycles. The van der Waals surface area contributed by atoms with Crippen molar-refractivity contribution in [2.75, 3.05) is 14.1 Å². The monoisotopic (exact) mass is 194 g/mol. The Morgan fingerprint density at radius 1 is 1.36 bits per heavy atom. The summed E-state index contributed by atoms with van der Waals surface area (Å²) in [5.41, 5.74) is 4.47. The Balaban J connectivity index is 2.60. The zero-order valence-electron chi connectivity index (χ0n) is 8.32. The third-order valence-electron chi connectivity index (χ3n) is 1.80. The fraction of sp³-hybridized carbons (Fsp3) is 0.300. The van der Waals surface area contributed by atoms with E-state index in [1.165, 1.54) is 0 Å². The van der Waals surface area contributed by atoms with E-state index in [1.54, 1.807) is 24.3 Å². The molecule has 0 amide bonds. The minimum atomic E-state index is -0.892. The van der Waals surface area contributed by atoms with Crippen molar-refractivity contribution in [1.82, 2.24) is 10.4 Å². The van der Waals surface area contributed by atoms with Crippen LogP contribution in [0, 0.1) is 0 Å². The molecule has 2 N–H and O–H groups in total. The summed E-state index contributed by atoms with van der Waals surface area (Å²) in [7, 11) is 3.82. The van der Waals surface area contributed by atoms with E-state index < -0.39 is 5.97 Å². The summed E-state index contributed by atoms with van der Waals surface area (Å²) in [6.45, 7) is 0.701. The lowest BCUT2D eigenvalue weighted by Crippen LogP contribution is -2.29. The van der Waals surface area contributed by atoms with E-state index in [4.69, 9.17) is 5.11 Å². The van der Waals surface area contributed by atoms with Gasteiger partial charge in [-0.25, -0.2) is 4.79 Å². The second-order valence-electron chi connectivity index (χ2n) is 3.23. The van der Waals surface area contributed by atoms with Crippen LogP contribution < -0.4 is 5.43 Å². The number of carboxylic acids is 1. The number of carbonyl (C=O) groups is 1. The highest BCUT2D eigenvalue weighted by molar-refractivity contribution is 5.87. The van der Waals surface area contributed by atoms with Crippen LogP contribution in [0.2, 0.25) is 0 Å². The standard InChI is InChI=1S/C10H14N2O2/c1-12(2)11-7-8-3-5-9(6-4-8)10(13)14/h3-6,11H,7H2,1-2H3,(H,13,14). The van der Waals surface area contributed by atoms with Gasteiger partial charge in [0.1, 0.15) is 0 Å². The lowest BCUT2D eigenvalue weighted by molar-refractivity contribution is 0.0697. The molecule has 0 radical (unpaired) electrons. The Kier molecular flexibility index (Phi) is 3.62. The van der Waals surface area contributed by atoms with Crippen LogP contribution in [0.1, 0.15) is 15.9 Å². The van der Waals surface area contributed by atoms with Gasteiger partial charge in [0.05, 0.1) is 5.56 Å². The van der Waals surface area contributed by atoms with Crippen molar-refractivity contribution >= 4 is 5.97 Å². The predicted octanol–water partition coefficient (Wildman–Crippen LogP) is 0.951. The molecule has 0 aromatic heterocycles. The summed E-state index contributed by atoms with van der Waals surface area (Å²) in [4.78, 5) is 10.6. The predicted molar refractivity (Wildman–Crippen MR) is 53.9 cm³/mol. The molecule has 0 aliphatic carbocycles. The summed E-state index contributed by atoms with van der Waals surface area (Å²) in [6, 6.07) is 6.82. The number of rotatable bonds is 4. The normalized spacial score (nSPS) is 10.5. The van der Waals surface area contributed by atoms with E-state index in [1.807, 2.05) is 19.1 Å². The van der Waals surface area contributed by atoms with Crippen LogP contribution in [0.3, 0.4) is 0 Å². The van der Waals surface area contributed by atoms with E-state index in [0.717, 1.165) is 5.56 Å². The maximum atomic E-state index is 10.6. The third-order valence-corrected chi connectivity index (χ3v) is 1.80. The Morgan fingerprint density at radius 2 is 1.93 bits per heavy atom. The first kappa shape index (κ1) is 10.7. The summed E-state index contributed by atoms with van der Waals surface area (Å²) >= 11 is 0. The Morgan fingerprint density at radius 3 is 2.36 bits per heavy atom. The molecule has 1 aromatic rings. The van der Waals surface area contributed by atoms with Crippen molar-refractivity contribution < 1.29 is 9.90 Å². The minimum absolute atomic E-state index is 0.318. The van der Waals surface area contributed by atoms with Gasteiger partial charge in [-0.3, -0.25) is 10.4 Å². The Hall–Kier alpha value is -1.39. The minimum Gasteiger partial charge on any atom is -0.478 e. The van der Waals surface area contributed by atoms with Crippen LogP contribution in [0.15, 0.2) is 24.3 Å². The summed E-state index contributed by atoms with van der Waals surface area (Å²) < 4.78 is 0. The van der Waals surface area contributed by atoms with Crippen molar-refractivity contribution in [1.29, 1.82) is 0 Å². The molecule has 0 unspecified atom stereocenters. The molecule has 0 fully saturated rings. The Bertz CT molecular complexity index is 306. The summed E-state index contributed by atoms with van der Waals surface area (Å²) in [6.07, 6.45) is 0. The lowest BCUT2D eigenvalue weighted by Gasteiger charge is -2.11. The van der Waals surface area contributed by atoms with Crippen molar-refractivity contribution in [2.24, 2.45) is 0 Å². The fourth-order valence-corrected chi connectivity index (χ4v) is 1.01. The highest BCUT2D eigenvalue weighted by Crippen LogP contribution is 2.03. The van der Waals surface area contributed by atoms with Gasteiger partial charge < -0.3 is 5.11 Å². The maximum absolute atomic E-state index is 10.6. The van der Waals surface area contributed by atoms with Gasteiger partial charge in [0, 0.05) is 20.6 Å². The summed E-state index contributed by atoms with van der Waals surface area (Å²) in [5.74, 6) is -0.892. The maximum Gasteiger partial charge on any atom is 0.335 e. The number of hydrogen-bond acceptors (Lipinski definition) is 3. The zero-order chi connectivity index (χ0) is 10.6. The van der Waals surface area contributed by atoms with E-state index in [9.17, 15) is 4.79 Å². The average Bonchev–Trinajstić information content (AvgIpc) is 2.15. The van der Waals surface area contributed by atoms with E-state index >= 15 is 0 Å². The van der Waals surface area contributed by atoms with Crippen molar-refractivity contribution in [3.05, 3.63) is 35.4 Å². The first-order chi connectivity index (χ1) is 6.59. The van der Waals surface area contributed by atoms with Crippen LogP contribution in [0.5, 0.6) is 0 Å². The second kappa shape index (κ2) is 4.74. The highest BCUT2D eigenvalue weighted by Gasteiger charge is 2.01. The van der Waals surface area contributed by atoms with Crippen LogP contribution in [-0.4, -0.2) is 30.2 Å². The number of hydrazine groups is 1. The molecule has 76 valence electrons. The molecule has 0 bridgehead atoms. The SMILES string of the molecule is CN(C)NCc1ccc(C(=O)O)cc1. The Labute approximate surface area is 83.1 Å². The first-order valence-electron chi connectivity index (χ1n) is 4.32. The van der Waals surface area contributed by atoms with Gasteiger partial charge in [-0.2, -0.15) is 0 Å². The van der Waals surface area contributed by atoms with E-state index in [2.05, 4.69) is 5.43 Å². The molecule has 0 spiro atoms. The number of aromatic carboxylic acids is 1. The zero-order valence-corrected chi connectivity index (χ0v) is 8.32. The van der Waals surface area contributed by atoms with Gasteiger partial charge in [0.25, 0.3) is 0 Å². The molecular weight excluding hydrogens is 180 g/mol. The first-order valence-corrected chi connectivity index (χ1v) is 4.32. The molecule has 14 heavy (non-hydrogen) atoms. The molecule has 1 rings (SSSR count). The van der Waals surface area contributed by atoms with Crippen molar-refractivity contribution in [2.45, 2.75) is 6.54 Å². The topological polar surface area (TPSA) is 52.6 Å². The number of benzene rings is 1. The van der Waals surface area contributed by atoms with Crippen LogP contribution in [0.4, 0.5) is 0 Å². The van der Waals surface area contributed by atoms with Gasteiger partial charge in [-0.1, -0.05) is 12.1 Å². The van der Waals surface area contributed by atoms with Crippen LogP contribution >= 0.6 is 0 Å². The molecule has 0 aliphatic heterocycles. The van der Waals surface area contributed by atoms with Crippen molar-refractivity contribution in [3.63, 3.8) is 0 Å². The van der Waals surface area contributed by atoms with Gasteiger partial charge in [-0.05, 0) is 17.7 Å². The quantitative estimate of drug-likeness (QED) is 0.701. The number of carboxylic acid groups (broad SMARTS) is 1. The lowest BCUT2D eigenvalue weighted by atomic mass is 10.1. The number of nitrogens with zero attached hydrogens (tertiary/aromatic N) is 1. The highest BCUT2D eigenvalue weighted by atomic mass is 16.4. The van der Waals surface area contributed by atoms with Crippen molar-refractivity contribution in [3.8, 4) is 0 Å². The molecule has 0 saturated carbocycles. The van der Waals surface area contributed by atoms with Gasteiger partial charge in [0.2, 0.25) is 0 Å².